The summed E-state index contributed by atoms with van der Waals surface area (Å²) >= 11 is 2.89. The first-order chi connectivity index (χ1) is 9.99. The minimum Gasteiger partial charge on any atom is -0.353 e. The van der Waals surface area contributed by atoms with E-state index in [4.69, 9.17) is 0 Å². The second-order valence-electron chi connectivity index (χ2n) is 4.61. The second kappa shape index (κ2) is 7.35. The quantitative estimate of drug-likeness (QED) is 0.657. The van der Waals surface area contributed by atoms with Crippen LogP contribution < -0.4 is 10.6 Å². The van der Waals surface area contributed by atoms with Gasteiger partial charge < -0.3 is 10.6 Å². The number of hydrogen-bond donors (Lipinski definition) is 2. The standard InChI is InChI=1S/C12H17F3N4S2/c1-16-11(18-8-3-2-4-20-6-8)17-5-10-19-9(7-21-10)12(13,14)15/h7-8H,2-6H2,1H3,(H2,16,17,18). The molecule has 1 saturated heterocycles. The number of guanidine groups is 1. The number of aliphatic imine (C=N–C) groups is 1. The highest BCUT2D eigenvalue weighted by atomic mass is 32.2. The molecule has 21 heavy (non-hydrogen) atoms. The average molecular weight is 338 g/mol. The van der Waals surface area contributed by atoms with E-state index in [1.165, 1.54) is 12.2 Å². The molecule has 1 aromatic rings. The van der Waals surface area contributed by atoms with Crippen molar-refractivity contribution in [3.05, 3.63) is 16.1 Å². The van der Waals surface area contributed by atoms with Crippen molar-refractivity contribution in [2.45, 2.75) is 31.6 Å². The van der Waals surface area contributed by atoms with E-state index in [0.29, 0.717) is 17.0 Å². The van der Waals surface area contributed by atoms with E-state index in [1.807, 2.05) is 11.8 Å². The Morgan fingerprint density at radius 1 is 1.52 bits per heavy atom. The number of thiazole rings is 1. The van der Waals surface area contributed by atoms with Crippen molar-refractivity contribution in [1.82, 2.24) is 15.6 Å². The van der Waals surface area contributed by atoms with E-state index < -0.39 is 11.9 Å². The van der Waals surface area contributed by atoms with Crippen LogP contribution in [0.5, 0.6) is 0 Å². The van der Waals surface area contributed by atoms with Gasteiger partial charge in [0, 0.05) is 24.2 Å². The van der Waals surface area contributed by atoms with Gasteiger partial charge in [-0.3, -0.25) is 4.99 Å². The molecule has 4 nitrogen and oxygen atoms in total. The van der Waals surface area contributed by atoms with Crippen LogP contribution in [0.15, 0.2) is 10.4 Å². The van der Waals surface area contributed by atoms with E-state index in [9.17, 15) is 13.2 Å². The Morgan fingerprint density at radius 3 is 2.90 bits per heavy atom. The molecule has 0 saturated carbocycles. The molecule has 1 aliphatic rings. The number of nitrogens with zero attached hydrogens (tertiary/aromatic N) is 2. The fourth-order valence-corrected chi connectivity index (χ4v) is 3.74. The highest BCUT2D eigenvalue weighted by molar-refractivity contribution is 7.99. The Morgan fingerprint density at radius 2 is 2.33 bits per heavy atom. The van der Waals surface area contributed by atoms with Gasteiger partial charge in [-0.15, -0.1) is 11.3 Å². The summed E-state index contributed by atoms with van der Waals surface area (Å²) in [6.45, 7) is 0.236. The molecule has 0 aliphatic carbocycles. The van der Waals surface area contributed by atoms with E-state index in [2.05, 4.69) is 20.6 Å². The van der Waals surface area contributed by atoms with Gasteiger partial charge in [0.25, 0.3) is 0 Å². The summed E-state index contributed by atoms with van der Waals surface area (Å²) < 4.78 is 37.4. The molecular weight excluding hydrogens is 321 g/mol. The SMILES string of the molecule is CN=C(NCc1nc(C(F)(F)F)cs1)NC1CCCSC1. The Labute approximate surface area is 129 Å². The summed E-state index contributed by atoms with van der Waals surface area (Å²) in [4.78, 5) is 7.67. The molecule has 0 bridgehead atoms. The molecule has 0 spiro atoms. The summed E-state index contributed by atoms with van der Waals surface area (Å²) in [5, 5.41) is 7.72. The van der Waals surface area contributed by atoms with Crippen LogP contribution in [-0.2, 0) is 12.7 Å². The van der Waals surface area contributed by atoms with Gasteiger partial charge in [0.15, 0.2) is 11.7 Å². The lowest BCUT2D eigenvalue weighted by atomic mass is 10.2. The van der Waals surface area contributed by atoms with Gasteiger partial charge >= 0.3 is 6.18 Å². The molecule has 1 atom stereocenters. The Balaban J connectivity index is 1.84. The Kier molecular flexibility index (Phi) is 5.74. The molecule has 0 amide bonds. The topological polar surface area (TPSA) is 49.3 Å². The second-order valence-corrected chi connectivity index (χ2v) is 6.70. The monoisotopic (exact) mass is 338 g/mol. The number of nitrogens with one attached hydrogen (secondary N) is 2. The Bertz CT molecular complexity index is 481. The first-order valence-corrected chi connectivity index (χ1v) is 8.59. The summed E-state index contributed by atoms with van der Waals surface area (Å²) in [5.41, 5.74) is -0.837. The zero-order chi connectivity index (χ0) is 15.3. The van der Waals surface area contributed by atoms with Gasteiger partial charge in [-0.1, -0.05) is 0 Å². The average Bonchev–Trinajstić information content (AvgIpc) is 2.93. The van der Waals surface area contributed by atoms with E-state index in [0.717, 1.165) is 28.9 Å². The summed E-state index contributed by atoms with van der Waals surface area (Å²) in [5.74, 6) is 2.81. The van der Waals surface area contributed by atoms with Crippen LogP contribution in [0.4, 0.5) is 13.2 Å². The molecule has 0 radical (unpaired) electrons. The summed E-state index contributed by atoms with van der Waals surface area (Å²) in [6, 6.07) is 0.358. The maximum absolute atomic E-state index is 12.5. The molecule has 1 aromatic heterocycles. The van der Waals surface area contributed by atoms with Crippen LogP contribution in [0.25, 0.3) is 0 Å². The van der Waals surface area contributed by atoms with Gasteiger partial charge in [-0.25, -0.2) is 4.98 Å². The maximum atomic E-state index is 12.5. The van der Waals surface area contributed by atoms with Gasteiger partial charge in [-0.05, 0) is 18.6 Å². The van der Waals surface area contributed by atoms with Crippen molar-refractivity contribution in [2.75, 3.05) is 18.6 Å². The molecule has 0 aromatic carbocycles. The van der Waals surface area contributed by atoms with Crippen LogP contribution in [0, 0.1) is 0 Å². The highest BCUT2D eigenvalue weighted by Gasteiger charge is 2.33. The maximum Gasteiger partial charge on any atom is 0.434 e. The zero-order valence-corrected chi connectivity index (χ0v) is 13.2. The van der Waals surface area contributed by atoms with Gasteiger partial charge in [0.05, 0.1) is 6.54 Å². The third-order valence-electron chi connectivity index (χ3n) is 2.97. The number of aromatic nitrogens is 1. The molecule has 1 fully saturated rings. The van der Waals surface area contributed by atoms with Crippen molar-refractivity contribution in [2.24, 2.45) is 4.99 Å². The van der Waals surface area contributed by atoms with Crippen LogP contribution in [0.2, 0.25) is 0 Å². The molecule has 1 aliphatic heterocycles. The minimum absolute atomic E-state index is 0.236. The van der Waals surface area contributed by atoms with Crippen LogP contribution in [-0.4, -0.2) is 35.5 Å². The molecule has 1 unspecified atom stereocenters. The largest absolute Gasteiger partial charge is 0.434 e. The van der Waals surface area contributed by atoms with Crippen LogP contribution in [0.3, 0.4) is 0 Å². The number of thioether (sulfide) groups is 1. The molecular formula is C12H17F3N4S2. The summed E-state index contributed by atoms with van der Waals surface area (Å²) in [7, 11) is 1.65. The minimum atomic E-state index is -4.38. The highest BCUT2D eigenvalue weighted by Crippen LogP contribution is 2.29. The van der Waals surface area contributed by atoms with Crippen molar-refractivity contribution < 1.29 is 13.2 Å². The van der Waals surface area contributed by atoms with E-state index >= 15 is 0 Å². The van der Waals surface area contributed by atoms with Crippen molar-refractivity contribution in [3.8, 4) is 0 Å². The fraction of sp³-hybridized carbons (Fsp3) is 0.667. The van der Waals surface area contributed by atoms with Crippen LogP contribution >= 0.6 is 23.1 Å². The zero-order valence-electron chi connectivity index (χ0n) is 11.5. The van der Waals surface area contributed by atoms with Crippen molar-refractivity contribution in [3.63, 3.8) is 0 Å². The van der Waals surface area contributed by atoms with Crippen molar-refractivity contribution in [1.29, 1.82) is 0 Å². The molecule has 9 heteroatoms. The van der Waals surface area contributed by atoms with Gasteiger partial charge in [0.2, 0.25) is 0 Å². The number of alkyl halides is 3. The number of hydrogen-bond acceptors (Lipinski definition) is 4. The first-order valence-electron chi connectivity index (χ1n) is 6.55. The smallest absolute Gasteiger partial charge is 0.353 e. The Hall–Kier alpha value is -0.960. The summed E-state index contributed by atoms with van der Waals surface area (Å²) in [6.07, 6.45) is -2.13. The first kappa shape index (κ1) is 16.4. The number of halogens is 3. The fourth-order valence-electron chi connectivity index (χ4n) is 1.92. The molecule has 2 rings (SSSR count). The molecule has 118 valence electrons. The predicted octanol–water partition coefficient (Wildman–Crippen LogP) is 2.72. The normalized spacial score (nSPS) is 20.4. The lowest BCUT2D eigenvalue weighted by Crippen LogP contribution is -2.45. The molecule has 2 N–H and O–H groups in total. The van der Waals surface area contributed by atoms with Gasteiger partial charge in [-0.2, -0.15) is 24.9 Å². The molecule has 2 heterocycles. The third kappa shape index (κ3) is 5.06. The van der Waals surface area contributed by atoms with Crippen LogP contribution in [0.1, 0.15) is 23.5 Å². The van der Waals surface area contributed by atoms with Crippen molar-refractivity contribution >= 4 is 29.1 Å². The lowest BCUT2D eigenvalue weighted by Gasteiger charge is -2.24. The lowest BCUT2D eigenvalue weighted by molar-refractivity contribution is -0.140. The van der Waals surface area contributed by atoms with Gasteiger partial charge in [0.1, 0.15) is 5.01 Å². The van der Waals surface area contributed by atoms with E-state index in [-0.39, 0.29) is 6.54 Å². The number of rotatable bonds is 3. The third-order valence-corrected chi connectivity index (χ3v) is 5.04. The predicted molar refractivity (Wildman–Crippen MR) is 80.8 cm³/mol. The van der Waals surface area contributed by atoms with E-state index in [1.54, 1.807) is 7.05 Å².